The Hall–Kier alpha value is -4.68. The summed E-state index contributed by atoms with van der Waals surface area (Å²) in [5, 5.41) is 9.72. The first kappa shape index (κ1) is 26.4. The van der Waals surface area contributed by atoms with Crippen molar-refractivity contribution < 1.29 is 19.1 Å². The predicted octanol–water partition coefficient (Wildman–Crippen LogP) is 3.97. The Morgan fingerprint density at radius 2 is 1.71 bits per heavy atom. The van der Waals surface area contributed by atoms with Gasteiger partial charge < -0.3 is 0 Å². The molecule has 2 aromatic carbocycles. The Labute approximate surface area is 218 Å². The Balaban J connectivity index is 1.40. The molecule has 3 atom stereocenters. The molecule has 210 valence electrons. The van der Waals surface area contributed by atoms with Gasteiger partial charge in [0.25, 0.3) is 0 Å². The van der Waals surface area contributed by atoms with Crippen molar-refractivity contribution in [2.24, 2.45) is 11.3 Å². The second-order valence-corrected chi connectivity index (χ2v) is 10.7. The van der Waals surface area contributed by atoms with Crippen LogP contribution in [0.3, 0.4) is 0 Å². The fraction of sp³-hybridized carbons (Fsp3) is 0.448. The summed E-state index contributed by atoms with van der Waals surface area (Å²) in [4.78, 5) is 41.1. The number of rotatable bonds is 9. The third kappa shape index (κ3) is 5.36. The molecule has 2 aromatic rings. The minimum atomic E-state index is -0.796. The maximum absolute atomic E-state index is 13.6. The van der Waals surface area contributed by atoms with E-state index in [2.05, 4.69) is 40.3 Å². The van der Waals surface area contributed by atoms with Crippen LogP contribution in [0.15, 0.2) is 53.9 Å². The molecule has 4 rings (SSSR count). The van der Waals surface area contributed by atoms with Crippen LogP contribution in [-0.2, 0) is 14.3 Å². The topological polar surface area (TPSA) is 100 Å². The summed E-state index contributed by atoms with van der Waals surface area (Å²) in [6.07, 6.45) is 3.06. The second-order valence-electron chi connectivity index (χ2n) is 10.1. The van der Waals surface area contributed by atoms with Crippen LogP contribution in [0.5, 0.6) is 0 Å². The minimum absolute atomic E-state index is 0.0647. The number of benzene rings is 2. The molecule has 0 spiro atoms. The van der Waals surface area contributed by atoms with Crippen LogP contribution in [-0.4, -0.2) is 60.3 Å². The van der Waals surface area contributed by atoms with Gasteiger partial charge in [-0.3, -0.25) is 0 Å². The summed E-state index contributed by atoms with van der Waals surface area (Å²) in [6, 6.07) is 14.7. The summed E-state index contributed by atoms with van der Waals surface area (Å²) in [5.74, 6) is -0.703. The van der Waals surface area contributed by atoms with Crippen LogP contribution in [0.4, 0.5) is 4.79 Å². The van der Waals surface area contributed by atoms with Gasteiger partial charge in [0.2, 0.25) is 0 Å². The van der Waals surface area contributed by atoms with Gasteiger partial charge in [-0.05, 0) is 22.3 Å². The van der Waals surface area contributed by atoms with Gasteiger partial charge in [-0.1, -0.05) is 48.5 Å². The van der Waals surface area contributed by atoms with Gasteiger partial charge in [0, 0.05) is 5.92 Å². The molecule has 38 heavy (non-hydrogen) atoms. The number of carbonyl (C=O) groups is 3. The van der Waals surface area contributed by atoms with Crippen molar-refractivity contribution in [3.63, 3.8) is 0 Å². The van der Waals surface area contributed by atoms with E-state index in [-0.39, 0.29) is 36.3 Å². The number of ether oxygens (including phenoxy) is 1. The SMILES string of the molecule is CC[C@@H](/C=[N]/[Lr])NC(=O)[C@@H]1CCCN1C(=O)[C@@H](NC(=O)OCC1c2ccccc2-c2ccccc21)C(C)C. The molecule has 0 unspecified atom stereocenters. The van der Waals surface area contributed by atoms with Gasteiger partial charge in [0.1, 0.15) is 6.61 Å². The van der Waals surface area contributed by atoms with Crippen LogP contribution >= 0.6 is 0 Å². The van der Waals surface area contributed by atoms with E-state index in [0.29, 0.717) is 19.4 Å². The predicted molar refractivity (Wildman–Crippen MR) is 142 cm³/mol. The number of carbonyl (C=O) groups excluding carboxylic acids is 3. The van der Waals surface area contributed by atoms with E-state index < -0.39 is 18.2 Å². The van der Waals surface area contributed by atoms with Crippen molar-refractivity contribution in [3.8, 4) is 11.1 Å². The molecule has 1 heterocycles. The molecule has 0 radical (unpaired) electrons. The maximum atomic E-state index is 13.6. The molecule has 9 heteroatoms. The summed E-state index contributed by atoms with van der Waals surface area (Å²) in [6.45, 7) is 6.36. The van der Waals surface area contributed by atoms with E-state index in [1.54, 1.807) is 11.1 Å². The zero-order valence-corrected chi connectivity index (χ0v) is 24.1. The van der Waals surface area contributed by atoms with E-state index >= 15 is 0 Å². The normalized spacial score (nSPS) is 18.3. The van der Waals surface area contributed by atoms with Crippen LogP contribution in [0.1, 0.15) is 57.1 Å². The van der Waals surface area contributed by atoms with Crippen molar-refractivity contribution in [2.75, 3.05) is 13.2 Å². The molecule has 1 saturated heterocycles. The molecule has 8 nitrogen and oxygen atoms in total. The van der Waals surface area contributed by atoms with Gasteiger partial charge in [-0.15, -0.1) is 0 Å². The van der Waals surface area contributed by atoms with Crippen molar-refractivity contribution in [2.45, 2.75) is 64.1 Å². The summed E-state index contributed by atoms with van der Waals surface area (Å²) < 4.78 is 7.76. The number of nitrogens with zero attached hydrogens (tertiary/aromatic N) is 2. The van der Waals surface area contributed by atoms with Crippen molar-refractivity contribution in [1.29, 1.82) is 0 Å². The molecule has 0 bridgehead atoms. The molecule has 1 aliphatic heterocycles. The van der Waals surface area contributed by atoms with Gasteiger partial charge in [0.15, 0.2) is 0 Å². The van der Waals surface area contributed by atoms with Crippen molar-refractivity contribution >= 4 is 24.1 Å². The number of hydrogen-bond acceptors (Lipinski definition) is 5. The fourth-order valence-corrected chi connectivity index (χ4v) is 5.72. The zero-order valence-electron chi connectivity index (χ0n) is 21.9. The monoisotopic (exact) mass is 765 g/mol. The molecular formula is C29H35LrN4O4. The Morgan fingerprint density at radius 1 is 1.08 bits per heavy atom. The van der Waals surface area contributed by atoms with E-state index in [1.807, 2.05) is 45.0 Å². The number of fused-ring (bicyclic) bond motifs is 3. The van der Waals surface area contributed by atoms with E-state index in [9.17, 15) is 14.4 Å². The Kier molecular flexibility index (Phi) is 8.04. The average molecular weight is 766 g/mol. The van der Waals surface area contributed by atoms with Crippen LogP contribution in [0.25, 0.3) is 11.1 Å². The summed E-state index contributed by atoms with van der Waals surface area (Å²) >= 11 is 0. The summed E-state index contributed by atoms with van der Waals surface area (Å²) in [5.41, 5.74) is 4.56. The fourth-order valence-electron chi connectivity index (χ4n) is 5.33. The first-order chi connectivity index (χ1) is 18.3. The van der Waals surface area contributed by atoms with Crippen LogP contribution in [0, 0.1) is 5.92 Å². The Morgan fingerprint density at radius 3 is 2.29 bits per heavy atom. The number of amides is 3. The zero-order chi connectivity index (χ0) is 27.2. The molecule has 2 aliphatic rings. The number of hydrogen-bond donors (Lipinski definition) is 2. The van der Waals surface area contributed by atoms with Crippen LogP contribution < -0.4 is 10.6 Å². The molecule has 2 N–H and O–H groups in total. The third-order valence-electron chi connectivity index (χ3n) is 7.37. The quantitative estimate of drug-likeness (QED) is 0.378. The average Bonchev–Trinajstić information content (AvgIpc) is 3.53. The van der Waals surface area contributed by atoms with Gasteiger partial charge >= 0.3 is 135 Å². The van der Waals surface area contributed by atoms with Crippen LogP contribution in [0.2, 0.25) is 0 Å². The summed E-state index contributed by atoms with van der Waals surface area (Å²) in [7, 11) is 0. The first-order valence-electron chi connectivity index (χ1n) is 13.2. The molecule has 1 fully saturated rings. The van der Waals surface area contributed by atoms with Gasteiger partial charge in [0.05, 0.1) is 0 Å². The van der Waals surface area contributed by atoms with E-state index in [4.69, 9.17) is 4.74 Å². The van der Waals surface area contributed by atoms with E-state index in [1.165, 1.54) is 0 Å². The third-order valence-corrected chi connectivity index (χ3v) is 7.69. The standard InChI is InChI=1S/C29H35N4O4.Lr/c1-4-19(16-30)31-27(34)25-14-9-15-33(25)28(35)26(18(2)3)32-29(36)37-17-24-22-12-7-5-10-20(22)21-11-6-8-13-23(21)24;/h5-8,10-13,16,18-19,24-26H,4,9,14-15,17H2,1-3H3,(H,31,34)(H,32,36);/q-1;+1/t19-,25-,26-;/m0./s1. The molecule has 0 aromatic heterocycles. The van der Waals surface area contributed by atoms with Crippen molar-refractivity contribution in [1.82, 2.24) is 15.5 Å². The molecule has 3 amide bonds. The molecular weight excluding hydrogens is 730 g/mol. The second kappa shape index (κ2) is 11.6. The first-order valence-corrected chi connectivity index (χ1v) is 14.1. The van der Waals surface area contributed by atoms with Gasteiger partial charge in [-0.2, -0.15) is 0 Å². The Bertz CT molecular complexity index is 1160. The molecule has 1 aliphatic carbocycles. The number of alkyl carbamates (subject to hydrolysis) is 1. The molecule has 0 saturated carbocycles. The number of likely N-dealkylation sites (tertiary alicyclic amines) is 1. The van der Waals surface area contributed by atoms with Crippen molar-refractivity contribution in [3.05, 3.63) is 59.7 Å². The van der Waals surface area contributed by atoms with Gasteiger partial charge in [-0.25, -0.2) is 0 Å². The number of nitrogens with one attached hydrogen (secondary N) is 2. The van der Waals surface area contributed by atoms with E-state index in [0.717, 1.165) is 28.7 Å².